The van der Waals surface area contributed by atoms with Crippen molar-refractivity contribution in [2.24, 2.45) is 0 Å². The van der Waals surface area contributed by atoms with E-state index in [1.807, 2.05) is 6.07 Å². The molecule has 0 atom stereocenters. The Morgan fingerprint density at radius 1 is 1.27 bits per heavy atom. The maximum absolute atomic E-state index is 4.66. The van der Waals surface area contributed by atoms with Crippen LogP contribution >= 0.6 is 27.3 Å². The third-order valence-corrected chi connectivity index (χ3v) is 4.33. The van der Waals surface area contributed by atoms with Crippen LogP contribution in [0.2, 0.25) is 0 Å². The summed E-state index contributed by atoms with van der Waals surface area (Å²) in [5, 5.41) is 2.03. The molecule has 0 aliphatic rings. The van der Waals surface area contributed by atoms with Crippen molar-refractivity contribution < 1.29 is 0 Å². The number of rotatable bonds is 3. The summed E-state index contributed by atoms with van der Waals surface area (Å²) in [5.41, 5.74) is 2.43. The van der Waals surface area contributed by atoms with Gasteiger partial charge in [-0.2, -0.15) is 0 Å². The number of hydrogen-bond acceptors (Lipinski definition) is 2. The summed E-state index contributed by atoms with van der Waals surface area (Å²) in [7, 11) is 0. The first-order valence-electron chi connectivity index (χ1n) is 4.95. The normalized spacial score (nSPS) is 10.5. The Bertz CT molecular complexity index is 415. The Labute approximate surface area is 102 Å². The third kappa shape index (κ3) is 2.29. The van der Waals surface area contributed by atoms with Gasteiger partial charge in [-0.1, -0.05) is 53.2 Å². The molecule has 0 aliphatic heterocycles. The Balaban J connectivity index is 2.42. The molecular weight excluding hydrogens is 270 g/mol. The molecule has 0 saturated carbocycles. The van der Waals surface area contributed by atoms with Gasteiger partial charge in [0.1, 0.15) is 5.01 Å². The summed E-state index contributed by atoms with van der Waals surface area (Å²) < 4.78 is 0. The molecule has 0 bridgehead atoms. The predicted molar refractivity (Wildman–Crippen MR) is 69.6 cm³/mol. The molecule has 0 amide bonds. The van der Waals surface area contributed by atoms with Crippen molar-refractivity contribution in [2.75, 3.05) is 0 Å². The molecule has 1 heterocycles. The fraction of sp³-hybridized carbons (Fsp3) is 0.250. The predicted octanol–water partition coefficient (Wildman–Crippen LogP) is 4.27. The summed E-state index contributed by atoms with van der Waals surface area (Å²) in [6.45, 7) is 2.15. The van der Waals surface area contributed by atoms with Crippen LogP contribution < -0.4 is 0 Å². The second kappa shape index (κ2) is 4.90. The standard InChI is InChI=1S/C12H12BrNS/c1-2-10-11(8-13)15-12(14-10)9-6-4-3-5-7-9/h3-7H,2,8H2,1H3. The molecule has 3 heteroatoms. The van der Waals surface area contributed by atoms with Crippen LogP contribution in [0.3, 0.4) is 0 Å². The lowest BCUT2D eigenvalue weighted by Crippen LogP contribution is -1.84. The first-order chi connectivity index (χ1) is 7.35. The molecule has 1 aromatic heterocycles. The van der Waals surface area contributed by atoms with Gasteiger partial charge in [-0.3, -0.25) is 0 Å². The number of nitrogens with zero attached hydrogens (tertiary/aromatic N) is 1. The van der Waals surface area contributed by atoms with E-state index < -0.39 is 0 Å². The van der Waals surface area contributed by atoms with Gasteiger partial charge in [0.25, 0.3) is 0 Å². The highest BCUT2D eigenvalue weighted by atomic mass is 79.9. The van der Waals surface area contributed by atoms with Crippen LogP contribution in [0.15, 0.2) is 30.3 Å². The van der Waals surface area contributed by atoms with E-state index in [0.717, 1.165) is 16.8 Å². The molecule has 1 aromatic carbocycles. The number of aryl methyl sites for hydroxylation is 1. The summed E-state index contributed by atoms with van der Waals surface area (Å²) in [4.78, 5) is 6.00. The van der Waals surface area contributed by atoms with Crippen LogP contribution in [-0.4, -0.2) is 4.98 Å². The van der Waals surface area contributed by atoms with Gasteiger partial charge < -0.3 is 0 Å². The van der Waals surface area contributed by atoms with Gasteiger partial charge >= 0.3 is 0 Å². The van der Waals surface area contributed by atoms with Crippen molar-refractivity contribution in [1.82, 2.24) is 4.98 Å². The van der Waals surface area contributed by atoms with Crippen LogP contribution in [0.4, 0.5) is 0 Å². The van der Waals surface area contributed by atoms with Gasteiger partial charge in [-0.15, -0.1) is 11.3 Å². The van der Waals surface area contributed by atoms with Crippen molar-refractivity contribution in [3.8, 4) is 10.6 Å². The summed E-state index contributed by atoms with van der Waals surface area (Å²) in [5.74, 6) is 0. The van der Waals surface area contributed by atoms with Gasteiger partial charge in [0.15, 0.2) is 0 Å². The molecule has 0 unspecified atom stereocenters. The molecular formula is C12H12BrNS. The first kappa shape index (κ1) is 10.8. The number of halogens is 1. The second-order valence-electron chi connectivity index (χ2n) is 3.24. The molecule has 0 radical (unpaired) electrons. The molecule has 2 rings (SSSR count). The molecule has 0 saturated heterocycles. The van der Waals surface area contributed by atoms with E-state index in [0.29, 0.717) is 0 Å². The topological polar surface area (TPSA) is 12.9 Å². The van der Waals surface area contributed by atoms with Gasteiger partial charge in [-0.05, 0) is 6.42 Å². The summed E-state index contributed by atoms with van der Waals surface area (Å²) in [6.07, 6.45) is 1.00. The molecule has 0 aliphatic carbocycles. The number of benzene rings is 1. The Hall–Kier alpha value is -0.670. The lowest BCUT2D eigenvalue weighted by molar-refractivity contribution is 1.04. The van der Waals surface area contributed by atoms with Crippen LogP contribution in [0.25, 0.3) is 10.6 Å². The zero-order chi connectivity index (χ0) is 10.7. The van der Waals surface area contributed by atoms with E-state index >= 15 is 0 Å². The Morgan fingerprint density at radius 3 is 2.53 bits per heavy atom. The van der Waals surface area contributed by atoms with Crippen molar-refractivity contribution in [3.63, 3.8) is 0 Å². The SMILES string of the molecule is CCc1nc(-c2ccccc2)sc1CBr. The lowest BCUT2D eigenvalue weighted by atomic mass is 10.2. The molecule has 0 spiro atoms. The third-order valence-electron chi connectivity index (χ3n) is 2.26. The lowest BCUT2D eigenvalue weighted by Gasteiger charge is -1.92. The zero-order valence-corrected chi connectivity index (χ0v) is 10.9. The van der Waals surface area contributed by atoms with Crippen molar-refractivity contribution in [2.45, 2.75) is 18.7 Å². The highest BCUT2D eigenvalue weighted by Gasteiger charge is 2.09. The minimum atomic E-state index is 0.903. The largest absolute Gasteiger partial charge is 0.241 e. The number of hydrogen-bond donors (Lipinski definition) is 0. The Kier molecular flexibility index (Phi) is 3.54. The number of alkyl halides is 1. The molecule has 2 aromatic rings. The molecule has 78 valence electrons. The van der Waals surface area contributed by atoms with E-state index in [1.54, 1.807) is 11.3 Å². The van der Waals surface area contributed by atoms with E-state index in [9.17, 15) is 0 Å². The molecule has 1 nitrogen and oxygen atoms in total. The highest BCUT2D eigenvalue weighted by molar-refractivity contribution is 9.08. The van der Waals surface area contributed by atoms with E-state index in [1.165, 1.54) is 16.1 Å². The van der Waals surface area contributed by atoms with Crippen LogP contribution in [0.1, 0.15) is 17.5 Å². The average molecular weight is 282 g/mol. The second-order valence-corrected chi connectivity index (χ2v) is 4.89. The van der Waals surface area contributed by atoms with E-state index in [-0.39, 0.29) is 0 Å². The number of aromatic nitrogens is 1. The molecule has 0 N–H and O–H groups in total. The van der Waals surface area contributed by atoms with Crippen LogP contribution in [-0.2, 0) is 11.8 Å². The molecule has 15 heavy (non-hydrogen) atoms. The minimum Gasteiger partial charge on any atom is -0.241 e. The summed E-state index contributed by atoms with van der Waals surface area (Å²) in [6, 6.07) is 10.3. The van der Waals surface area contributed by atoms with E-state index in [2.05, 4.69) is 52.1 Å². The smallest absolute Gasteiger partial charge is 0.123 e. The molecule has 0 fully saturated rings. The highest BCUT2D eigenvalue weighted by Crippen LogP contribution is 2.29. The van der Waals surface area contributed by atoms with Gasteiger partial charge in [0.2, 0.25) is 0 Å². The monoisotopic (exact) mass is 281 g/mol. The van der Waals surface area contributed by atoms with Crippen LogP contribution in [0, 0.1) is 0 Å². The first-order valence-corrected chi connectivity index (χ1v) is 6.89. The van der Waals surface area contributed by atoms with Gasteiger partial charge in [-0.25, -0.2) is 4.98 Å². The minimum absolute atomic E-state index is 0.903. The maximum Gasteiger partial charge on any atom is 0.123 e. The van der Waals surface area contributed by atoms with Crippen molar-refractivity contribution in [1.29, 1.82) is 0 Å². The Morgan fingerprint density at radius 2 is 2.00 bits per heavy atom. The fourth-order valence-electron chi connectivity index (χ4n) is 1.47. The maximum atomic E-state index is 4.66. The van der Waals surface area contributed by atoms with Gasteiger partial charge in [0, 0.05) is 15.8 Å². The van der Waals surface area contributed by atoms with Crippen molar-refractivity contribution >= 4 is 27.3 Å². The zero-order valence-electron chi connectivity index (χ0n) is 8.53. The average Bonchev–Trinajstić information content (AvgIpc) is 2.73. The fourth-order valence-corrected chi connectivity index (χ4v) is 3.14. The van der Waals surface area contributed by atoms with Crippen LogP contribution in [0.5, 0.6) is 0 Å². The van der Waals surface area contributed by atoms with Crippen molar-refractivity contribution in [3.05, 3.63) is 40.9 Å². The number of thiazole rings is 1. The van der Waals surface area contributed by atoms with Gasteiger partial charge in [0.05, 0.1) is 5.69 Å². The quantitative estimate of drug-likeness (QED) is 0.766. The van der Waals surface area contributed by atoms with E-state index in [4.69, 9.17) is 0 Å². The summed E-state index contributed by atoms with van der Waals surface area (Å²) >= 11 is 5.28.